The van der Waals surface area contributed by atoms with Crippen LogP contribution in [0.2, 0.25) is 0 Å². The van der Waals surface area contributed by atoms with Crippen LogP contribution in [0.15, 0.2) is 24.3 Å². The zero-order valence-corrected chi connectivity index (χ0v) is 12.0. The third-order valence-corrected chi connectivity index (χ3v) is 2.91. The number of aliphatic hydroxyl groups excluding tert-OH is 1. The minimum Gasteiger partial charge on any atom is -0.438 e. The van der Waals surface area contributed by atoms with E-state index < -0.39 is 0 Å². The molecule has 0 saturated carbocycles. The lowest BCUT2D eigenvalue weighted by molar-refractivity contribution is 0.276. The molecule has 1 heterocycles. The zero-order chi connectivity index (χ0) is 14.5. The van der Waals surface area contributed by atoms with Crippen molar-refractivity contribution < 1.29 is 9.84 Å². The Kier molecular flexibility index (Phi) is 4.53. The van der Waals surface area contributed by atoms with Gasteiger partial charge in [-0.25, -0.2) is 4.98 Å². The van der Waals surface area contributed by atoms with Crippen LogP contribution in [-0.4, -0.2) is 21.6 Å². The standard InChI is InChI=1S/C15H19N3O2/c1-4-16-14-10(2)15(18-11(3)17-14)20-13-8-6-5-7-12(13)9-19/h5-8,19H,4,9H2,1-3H3,(H,16,17,18). The Bertz CT molecular complexity index is 600. The summed E-state index contributed by atoms with van der Waals surface area (Å²) in [6.07, 6.45) is 0. The predicted molar refractivity (Wildman–Crippen MR) is 78.1 cm³/mol. The van der Waals surface area contributed by atoms with E-state index in [2.05, 4.69) is 15.3 Å². The topological polar surface area (TPSA) is 67.3 Å². The van der Waals surface area contributed by atoms with Crippen molar-refractivity contribution in [3.8, 4) is 11.6 Å². The van der Waals surface area contributed by atoms with Crippen molar-refractivity contribution >= 4 is 5.82 Å². The van der Waals surface area contributed by atoms with E-state index >= 15 is 0 Å². The van der Waals surface area contributed by atoms with Gasteiger partial charge in [0.15, 0.2) is 0 Å². The van der Waals surface area contributed by atoms with Crippen molar-refractivity contribution in [2.45, 2.75) is 27.4 Å². The average Bonchev–Trinajstić information content (AvgIpc) is 2.44. The van der Waals surface area contributed by atoms with Crippen LogP contribution in [0.25, 0.3) is 0 Å². The Balaban J connectivity index is 2.38. The summed E-state index contributed by atoms with van der Waals surface area (Å²) in [5.41, 5.74) is 1.58. The lowest BCUT2D eigenvalue weighted by atomic mass is 10.2. The second kappa shape index (κ2) is 6.34. The number of aryl methyl sites for hydroxylation is 1. The molecule has 0 amide bonds. The Morgan fingerprint density at radius 2 is 1.95 bits per heavy atom. The number of ether oxygens (including phenoxy) is 1. The Morgan fingerprint density at radius 1 is 1.20 bits per heavy atom. The van der Waals surface area contributed by atoms with Gasteiger partial charge in [-0.1, -0.05) is 18.2 Å². The van der Waals surface area contributed by atoms with E-state index in [9.17, 15) is 5.11 Å². The monoisotopic (exact) mass is 273 g/mol. The quantitative estimate of drug-likeness (QED) is 0.876. The van der Waals surface area contributed by atoms with E-state index in [0.717, 1.165) is 23.5 Å². The van der Waals surface area contributed by atoms with Gasteiger partial charge in [-0.05, 0) is 26.8 Å². The summed E-state index contributed by atoms with van der Waals surface area (Å²) in [7, 11) is 0. The third kappa shape index (κ3) is 3.05. The highest BCUT2D eigenvalue weighted by atomic mass is 16.5. The fraction of sp³-hybridized carbons (Fsp3) is 0.333. The molecule has 5 heteroatoms. The first-order valence-electron chi connectivity index (χ1n) is 6.61. The Hall–Kier alpha value is -2.14. The minimum absolute atomic E-state index is 0.0701. The van der Waals surface area contributed by atoms with Gasteiger partial charge in [0.1, 0.15) is 17.4 Å². The van der Waals surface area contributed by atoms with Gasteiger partial charge in [0, 0.05) is 12.1 Å². The first-order valence-corrected chi connectivity index (χ1v) is 6.61. The number of para-hydroxylation sites is 1. The number of anilines is 1. The highest BCUT2D eigenvalue weighted by molar-refractivity contribution is 5.50. The number of nitrogens with zero attached hydrogens (tertiary/aromatic N) is 2. The molecule has 2 aromatic rings. The number of hydrogen-bond donors (Lipinski definition) is 2. The number of rotatable bonds is 5. The van der Waals surface area contributed by atoms with Crippen molar-refractivity contribution in [1.29, 1.82) is 0 Å². The van der Waals surface area contributed by atoms with Crippen molar-refractivity contribution in [2.75, 3.05) is 11.9 Å². The molecule has 2 rings (SSSR count). The van der Waals surface area contributed by atoms with E-state index in [0.29, 0.717) is 17.5 Å². The average molecular weight is 273 g/mol. The molecule has 106 valence electrons. The first kappa shape index (κ1) is 14.3. The second-order valence-corrected chi connectivity index (χ2v) is 4.45. The van der Waals surface area contributed by atoms with Crippen LogP contribution in [0.4, 0.5) is 5.82 Å². The summed E-state index contributed by atoms with van der Waals surface area (Å²) in [5.74, 6) is 2.53. The van der Waals surface area contributed by atoms with E-state index in [4.69, 9.17) is 4.74 Å². The molecule has 20 heavy (non-hydrogen) atoms. The summed E-state index contributed by atoms with van der Waals surface area (Å²) in [6, 6.07) is 7.36. The van der Waals surface area contributed by atoms with Crippen LogP contribution in [0, 0.1) is 13.8 Å². The fourth-order valence-electron chi connectivity index (χ4n) is 1.88. The molecule has 0 radical (unpaired) electrons. The van der Waals surface area contributed by atoms with Crippen molar-refractivity contribution in [3.63, 3.8) is 0 Å². The van der Waals surface area contributed by atoms with Crippen molar-refractivity contribution in [2.24, 2.45) is 0 Å². The molecule has 0 aliphatic rings. The van der Waals surface area contributed by atoms with Crippen LogP contribution < -0.4 is 10.1 Å². The minimum atomic E-state index is -0.0701. The lowest BCUT2D eigenvalue weighted by Crippen LogP contribution is -2.06. The van der Waals surface area contributed by atoms with Gasteiger partial charge < -0.3 is 15.2 Å². The van der Waals surface area contributed by atoms with Gasteiger partial charge in [0.05, 0.1) is 12.2 Å². The smallest absolute Gasteiger partial charge is 0.227 e. The number of aromatic nitrogens is 2. The second-order valence-electron chi connectivity index (χ2n) is 4.45. The lowest BCUT2D eigenvalue weighted by Gasteiger charge is -2.14. The van der Waals surface area contributed by atoms with Crippen LogP contribution in [0.1, 0.15) is 23.9 Å². The molecule has 0 unspecified atom stereocenters. The van der Waals surface area contributed by atoms with Gasteiger partial charge in [-0.3, -0.25) is 0 Å². The molecular formula is C15H19N3O2. The molecule has 0 saturated heterocycles. The van der Waals surface area contributed by atoms with Crippen molar-refractivity contribution in [1.82, 2.24) is 9.97 Å². The van der Waals surface area contributed by atoms with Gasteiger partial charge in [-0.15, -0.1) is 0 Å². The summed E-state index contributed by atoms with van der Waals surface area (Å²) in [6.45, 7) is 6.46. The first-order chi connectivity index (χ1) is 9.65. The predicted octanol–water partition coefficient (Wildman–Crippen LogP) is 2.81. The highest BCUT2D eigenvalue weighted by Crippen LogP contribution is 2.29. The molecule has 0 aliphatic carbocycles. The maximum atomic E-state index is 9.33. The van der Waals surface area contributed by atoms with Gasteiger partial charge in [0.25, 0.3) is 0 Å². The molecule has 0 fully saturated rings. The third-order valence-electron chi connectivity index (χ3n) is 2.91. The SMILES string of the molecule is CCNc1nc(C)nc(Oc2ccccc2CO)c1C. The van der Waals surface area contributed by atoms with Crippen LogP contribution in [-0.2, 0) is 6.61 Å². The normalized spacial score (nSPS) is 10.4. The van der Waals surface area contributed by atoms with Crippen LogP contribution in [0.5, 0.6) is 11.6 Å². The zero-order valence-electron chi connectivity index (χ0n) is 12.0. The van der Waals surface area contributed by atoms with Crippen molar-refractivity contribution in [3.05, 3.63) is 41.2 Å². The number of aliphatic hydroxyl groups is 1. The van der Waals surface area contributed by atoms with E-state index in [1.807, 2.05) is 45.0 Å². The number of hydrogen-bond acceptors (Lipinski definition) is 5. The van der Waals surface area contributed by atoms with Gasteiger partial charge in [-0.2, -0.15) is 4.98 Å². The molecule has 0 aliphatic heterocycles. The largest absolute Gasteiger partial charge is 0.438 e. The maximum absolute atomic E-state index is 9.33. The molecule has 2 N–H and O–H groups in total. The molecule has 0 spiro atoms. The van der Waals surface area contributed by atoms with E-state index in [1.54, 1.807) is 0 Å². The van der Waals surface area contributed by atoms with E-state index in [1.165, 1.54) is 0 Å². The molecular weight excluding hydrogens is 254 g/mol. The Labute approximate surface area is 118 Å². The Morgan fingerprint density at radius 3 is 2.65 bits per heavy atom. The molecule has 5 nitrogen and oxygen atoms in total. The van der Waals surface area contributed by atoms with Gasteiger partial charge in [0.2, 0.25) is 5.88 Å². The molecule has 0 bridgehead atoms. The maximum Gasteiger partial charge on any atom is 0.227 e. The summed E-state index contributed by atoms with van der Waals surface area (Å²) in [5, 5.41) is 12.5. The summed E-state index contributed by atoms with van der Waals surface area (Å²) < 4.78 is 5.85. The summed E-state index contributed by atoms with van der Waals surface area (Å²) >= 11 is 0. The number of nitrogens with one attached hydrogen (secondary N) is 1. The highest BCUT2D eigenvalue weighted by Gasteiger charge is 2.12. The molecule has 0 atom stereocenters. The van der Waals surface area contributed by atoms with E-state index in [-0.39, 0.29) is 6.61 Å². The fourth-order valence-corrected chi connectivity index (χ4v) is 1.88. The number of benzene rings is 1. The molecule has 1 aromatic carbocycles. The summed E-state index contributed by atoms with van der Waals surface area (Å²) in [4.78, 5) is 8.69. The van der Waals surface area contributed by atoms with Crippen LogP contribution in [0.3, 0.4) is 0 Å². The molecule has 1 aromatic heterocycles. The van der Waals surface area contributed by atoms with Gasteiger partial charge >= 0.3 is 0 Å². The van der Waals surface area contributed by atoms with Crippen LogP contribution >= 0.6 is 0 Å².